The van der Waals surface area contributed by atoms with Crippen molar-refractivity contribution in [3.8, 4) is 11.4 Å². The molecule has 27 heavy (non-hydrogen) atoms. The summed E-state index contributed by atoms with van der Waals surface area (Å²) in [6.07, 6.45) is 5.98. The van der Waals surface area contributed by atoms with Crippen LogP contribution < -0.4 is 15.4 Å². The molecule has 1 aliphatic heterocycles. The Hall–Kier alpha value is -2.54. The molecule has 0 saturated carbocycles. The zero-order valence-electron chi connectivity index (χ0n) is 16.3. The van der Waals surface area contributed by atoms with E-state index in [-0.39, 0.29) is 0 Å². The Morgan fingerprint density at radius 2 is 1.89 bits per heavy atom. The van der Waals surface area contributed by atoms with Gasteiger partial charge in [-0.05, 0) is 56.3 Å². The highest BCUT2D eigenvalue weighted by atomic mass is 16.5. The van der Waals surface area contributed by atoms with Crippen molar-refractivity contribution < 1.29 is 4.74 Å². The summed E-state index contributed by atoms with van der Waals surface area (Å²) in [5, 5.41) is 11.3. The van der Waals surface area contributed by atoms with Crippen LogP contribution in [0.5, 0.6) is 5.75 Å². The molecule has 1 aromatic carbocycles. The lowest BCUT2D eigenvalue weighted by Crippen LogP contribution is -2.42. The molecule has 1 fully saturated rings. The number of hydrogen-bond donors (Lipinski definition) is 2. The number of hydrogen-bond acceptors (Lipinski definition) is 4. The third kappa shape index (κ3) is 5.72. The predicted octanol–water partition coefficient (Wildman–Crippen LogP) is 2.03. The third-order valence-electron chi connectivity index (χ3n) is 4.81. The van der Waals surface area contributed by atoms with Crippen LogP contribution in [0.1, 0.15) is 25.0 Å². The highest BCUT2D eigenvalue weighted by Crippen LogP contribution is 2.14. The molecule has 3 rings (SSSR count). The van der Waals surface area contributed by atoms with Gasteiger partial charge in [-0.1, -0.05) is 6.42 Å². The average molecular weight is 371 g/mol. The molecule has 1 saturated heterocycles. The fraction of sp³-hybridized carbons (Fsp3) is 0.500. The standard InChI is InChI=1S/C20H30N6O/c1-21-20(22-11-15-25-12-4-3-5-13-25)23-16-17-10-14-26(24-17)18-6-8-19(27-2)9-7-18/h6-10,14H,3-5,11-13,15-16H2,1-2H3,(H2,21,22,23). The first-order valence-electron chi connectivity index (χ1n) is 9.64. The van der Waals surface area contributed by atoms with Crippen molar-refractivity contribution in [3.05, 3.63) is 42.2 Å². The Morgan fingerprint density at radius 3 is 2.59 bits per heavy atom. The molecular weight excluding hydrogens is 340 g/mol. The van der Waals surface area contributed by atoms with E-state index in [9.17, 15) is 0 Å². The Morgan fingerprint density at radius 1 is 1.11 bits per heavy atom. The van der Waals surface area contributed by atoms with Crippen LogP contribution in [0.4, 0.5) is 0 Å². The predicted molar refractivity (Wildman–Crippen MR) is 109 cm³/mol. The summed E-state index contributed by atoms with van der Waals surface area (Å²) in [6.45, 7) is 5.03. The molecular formula is C20H30N6O. The molecule has 1 aromatic heterocycles. The molecule has 0 atom stereocenters. The van der Waals surface area contributed by atoms with E-state index in [4.69, 9.17) is 4.74 Å². The van der Waals surface area contributed by atoms with Gasteiger partial charge in [0.05, 0.1) is 25.0 Å². The van der Waals surface area contributed by atoms with Crippen LogP contribution in [-0.4, -0.2) is 61.0 Å². The Labute approximate surface area is 161 Å². The van der Waals surface area contributed by atoms with Gasteiger partial charge in [0.2, 0.25) is 0 Å². The van der Waals surface area contributed by atoms with E-state index in [0.717, 1.165) is 36.2 Å². The largest absolute Gasteiger partial charge is 0.497 e. The van der Waals surface area contributed by atoms with Crippen LogP contribution >= 0.6 is 0 Å². The number of likely N-dealkylation sites (tertiary alicyclic amines) is 1. The molecule has 7 heteroatoms. The Balaban J connectivity index is 1.44. The summed E-state index contributed by atoms with van der Waals surface area (Å²) in [5.74, 6) is 1.65. The molecule has 146 valence electrons. The van der Waals surface area contributed by atoms with Gasteiger partial charge < -0.3 is 20.3 Å². The molecule has 0 aliphatic carbocycles. The molecule has 2 heterocycles. The zero-order valence-corrected chi connectivity index (χ0v) is 16.3. The molecule has 1 aliphatic rings. The average Bonchev–Trinajstić information content (AvgIpc) is 3.20. The van der Waals surface area contributed by atoms with Gasteiger partial charge in [0.15, 0.2) is 5.96 Å². The maximum absolute atomic E-state index is 5.20. The number of guanidine groups is 1. The van der Waals surface area contributed by atoms with Gasteiger partial charge in [0.1, 0.15) is 5.75 Å². The summed E-state index contributed by atoms with van der Waals surface area (Å²) < 4.78 is 7.06. The van der Waals surface area contributed by atoms with Gasteiger partial charge in [0, 0.05) is 26.3 Å². The maximum atomic E-state index is 5.20. The lowest BCUT2D eigenvalue weighted by Gasteiger charge is -2.26. The number of aliphatic imine (C=N–C) groups is 1. The number of benzene rings is 1. The summed E-state index contributed by atoms with van der Waals surface area (Å²) in [5.41, 5.74) is 1.97. The minimum absolute atomic E-state index is 0.631. The zero-order chi connectivity index (χ0) is 18.9. The van der Waals surface area contributed by atoms with Crippen molar-refractivity contribution in [2.45, 2.75) is 25.8 Å². The van der Waals surface area contributed by atoms with Crippen LogP contribution in [0, 0.1) is 0 Å². The highest BCUT2D eigenvalue weighted by molar-refractivity contribution is 5.79. The number of methoxy groups -OCH3 is 1. The summed E-state index contributed by atoms with van der Waals surface area (Å²) in [4.78, 5) is 6.81. The number of piperidine rings is 1. The van der Waals surface area contributed by atoms with Crippen molar-refractivity contribution in [2.75, 3.05) is 40.3 Å². The lowest BCUT2D eigenvalue weighted by molar-refractivity contribution is 0.232. The monoisotopic (exact) mass is 370 g/mol. The van der Waals surface area contributed by atoms with E-state index in [0.29, 0.717) is 6.54 Å². The minimum Gasteiger partial charge on any atom is -0.497 e. The molecule has 2 aromatic rings. The Bertz CT molecular complexity index is 718. The number of aromatic nitrogens is 2. The first-order chi connectivity index (χ1) is 13.3. The molecule has 0 radical (unpaired) electrons. The molecule has 0 unspecified atom stereocenters. The summed E-state index contributed by atoms with van der Waals surface area (Å²) in [6, 6.07) is 9.86. The second-order valence-electron chi connectivity index (χ2n) is 6.70. The van der Waals surface area contributed by atoms with Crippen molar-refractivity contribution in [1.29, 1.82) is 0 Å². The van der Waals surface area contributed by atoms with E-state index in [1.807, 2.05) is 41.2 Å². The van der Waals surface area contributed by atoms with Crippen LogP contribution in [0.15, 0.2) is 41.5 Å². The van der Waals surface area contributed by atoms with Crippen LogP contribution in [-0.2, 0) is 6.54 Å². The van der Waals surface area contributed by atoms with Crippen LogP contribution in [0.25, 0.3) is 5.69 Å². The summed E-state index contributed by atoms with van der Waals surface area (Å²) in [7, 11) is 3.46. The molecule has 0 spiro atoms. The van der Waals surface area contributed by atoms with Gasteiger partial charge in [0.25, 0.3) is 0 Å². The first-order valence-corrected chi connectivity index (χ1v) is 9.64. The van der Waals surface area contributed by atoms with Gasteiger partial charge in [-0.15, -0.1) is 0 Å². The maximum Gasteiger partial charge on any atom is 0.191 e. The smallest absolute Gasteiger partial charge is 0.191 e. The molecule has 0 bridgehead atoms. The van der Waals surface area contributed by atoms with E-state index >= 15 is 0 Å². The SMILES string of the molecule is CN=C(NCCN1CCCCC1)NCc1ccn(-c2ccc(OC)cc2)n1. The van der Waals surface area contributed by atoms with Crippen LogP contribution in [0.3, 0.4) is 0 Å². The van der Waals surface area contributed by atoms with Crippen molar-refractivity contribution in [3.63, 3.8) is 0 Å². The molecule has 2 N–H and O–H groups in total. The van der Waals surface area contributed by atoms with Crippen molar-refractivity contribution in [1.82, 2.24) is 25.3 Å². The number of nitrogens with zero attached hydrogens (tertiary/aromatic N) is 4. The number of ether oxygens (including phenoxy) is 1. The van der Waals surface area contributed by atoms with E-state index < -0.39 is 0 Å². The second kappa shape index (κ2) is 9.97. The van der Waals surface area contributed by atoms with Gasteiger partial charge in [-0.3, -0.25) is 4.99 Å². The van der Waals surface area contributed by atoms with Crippen molar-refractivity contribution in [2.24, 2.45) is 4.99 Å². The van der Waals surface area contributed by atoms with E-state index in [1.165, 1.54) is 32.4 Å². The normalized spacial score (nSPS) is 15.6. The lowest BCUT2D eigenvalue weighted by atomic mass is 10.1. The molecule has 7 nitrogen and oxygen atoms in total. The van der Waals surface area contributed by atoms with Gasteiger partial charge in [-0.2, -0.15) is 5.10 Å². The Kier molecular flexibility index (Phi) is 7.10. The fourth-order valence-corrected chi connectivity index (χ4v) is 3.25. The van der Waals surface area contributed by atoms with Crippen molar-refractivity contribution >= 4 is 5.96 Å². The third-order valence-corrected chi connectivity index (χ3v) is 4.81. The number of nitrogens with one attached hydrogen (secondary N) is 2. The second-order valence-corrected chi connectivity index (χ2v) is 6.70. The van der Waals surface area contributed by atoms with E-state index in [2.05, 4.69) is 25.6 Å². The highest BCUT2D eigenvalue weighted by Gasteiger charge is 2.09. The quantitative estimate of drug-likeness (QED) is 0.577. The fourth-order valence-electron chi connectivity index (χ4n) is 3.25. The summed E-state index contributed by atoms with van der Waals surface area (Å²) >= 11 is 0. The van der Waals surface area contributed by atoms with E-state index in [1.54, 1.807) is 14.2 Å². The molecule has 0 amide bonds. The van der Waals surface area contributed by atoms with Crippen LogP contribution in [0.2, 0.25) is 0 Å². The number of rotatable bonds is 7. The minimum atomic E-state index is 0.631. The topological polar surface area (TPSA) is 66.7 Å². The van der Waals surface area contributed by atoms with Gasteiger partial charge in [-0.25, -0.2) is 4.68 Å². The first kappa shape index (κ1) is 19.2. The van der Waals surface area contributed by atoms with Gasteiger partial charge >= 0.3 is 0 Å².